The molecule has 0 atom stereocenters. The van der Waals surface area contributed by atoms with Crippen LogP contribution in [0, 0.1) is 0 Å². The molecule has 0 fully saturated rings. The monoisotopic (exact) mass is 321 g/mol. The summed E-state index contributed by atoms with van der Waals surface area (Å²) in [4.78, 5) is 15.7. The van der Waals surface area contributed by atoms with Crippen LogP contribution in [0.3, 0.4) is 0 Å². The van der Waals surface area contributed by atoms with Gasteiger partial charge in [-0.25, -0.2) is 0 Å². The topological polar surface area (TPSA) is 68.0 Å². The molecule has 0 aliphatic rings. The van der Waals surface area contributed by atoms with Gasteiger partial charge in [0.25, 0.3) is 0 Å². The molecule has 0 radical (unpaired) electrons. The molecule has 0 spiro atoms. The van der Waals surface area contributed by atoms with Crippen LogP contribution in [0.2, 0.25) is 0 Å². The molecule has 0 saturated carbocycles. The molecule has 1 aromatic rings. The Balaban J connectivity index is 0. The highest BCUT2D eigenvalue weighted by Gasteiger charge is 2.00. The summed E-state index contributed by atoms with van der Waals surface area (Å²) >= 11 is 0. The van der Waals surface area contributed by atoms with Crippen LogP contribution in [0.5, 0.6) is 0 Å². The lowest BCUT2D eigenvalue weighted by Gasteiger charge is -2.04. The minimum absolute atomic E-state index is 0. The third kappa shape index (κ3) is 11.0. The number of halogens is 2. The van der Waals surface area contributed by atoms with Crippen LogP contribution in [-0.2, 0) is 11.2 Å². The first kappa shape index (κ1) is 21.5. The Kier molecular flexibility index (Phi) is 15.6. The minimum Gasteiger partial charge on any atom is -0.356 e. The van der Waals surface area contributed by atoms with Gasteiger partial charge < -0.3 is 11.1 Å². The first-order chi connectivity index (χ1) is 8.83. The SMILES string of the molecule is Cl.Cl.NCCCCCCC(=O)NCCc1ccccn1. The summed E-state index contributed by atoms with van der Waals surface area (Å²) in [6, 6.07) is 5.82. The normalized spacial score (nSPS) is 9.25. The quantitative estimate of drug-likeness (QED) is 0.686. The van der Waals surface area contributed by atoms with Gasteiger partial charge in [0.15, 0.2) is 0 Å². The summed E-state index contributed by atoms with van der Waals surface area (Å²) in [5, 5.41) is 2.92. The molecule has 0 aromatic carbocycles. The lowest BCUT2D eigenvalue weighted by atomic mass is 10.1. The number of nitrogens with two attached hydrogens (primary N) is 1. The Morgan fingerprint density at radius 3 is 2.55 bits per heavy atom. The number of rotatable bonds is 9. The smallest absolute Gasteiger partial charge is 0.220 e. The van der Waals surface area contributed by atoms with Gasteiger partial charge >= 0.3 is 0 Å². The molecule has 6 heteroatoms. The molecular weight excluding hydrogens is 297 g/mol. The van der Waals surface area contributed by atoms with Gasteiger partial charge in [0, 0.05) is 31.3 Å². The maximum atomic E-state index is 11.5. The van der Waals surface area contributed by atoms with E-state index in [9.17, 15) is 4.79 Å². The van der Waals surface area contributed by atoms with Crippen molar-refractivity contribution in [3.05, 3.63) is 30.1 Å². The summed E-state index contributed by atoms with van der Waals surface area (Å²) in [6.07, 6.45) is 7.40. The Labute approximate surface area is 133 Å². The number of nitrogens with one attached hydrogen (secondary N) is 1. The average Bonchev–Trinajstić information content (AvgIpc) is 2.40. The van der Waals surface area contributed by atoms with E-state index in [1.807, 2.05) is 18.2 Å². The summed E-state index contributed by atoms with van der Waals surface area (Å²) in [6.45, 7) is 1.41. The lowest BCUT2D eigenvalue weighted by Crippen LogP contribution is -2.25. The van der Waals surface area contributed by atoms with E-state index >= 15 is 0 Å². The van der Waals surface area contributed by atoms with Crippen molar-refractivity contribution in [2.75, 3.05) is 13.1 Å². The molecule has 20 heavy (non-hydrogen) atoms. The number of aromatic nitrogens is 1. The van der Waals surface area contributed by atoms with Crippen molar-refractivity contribution in [2.24, 2.45) is 5.73 Å². The molecule has 4 nitrogen and oxygen atoms in total. The van der Waals surface area contributed by atoms with Crippen molar-refractivity contribution in [1.82, 2.24) is 10.3 Å². The highest BCUT2D eigenvalue weighted by molar-refractivity contribution is 5.85. The molecule has 0 aliphatic carbocycles. The number of pyridine rings is 1. The van der Waals surface area contributed by atoms with E-state index in [1.54, 1.807) is 6.20 Å². The zero-order valence-electron chi connectivity index (χ0n) is 11.7. The molecule has 0 bridgehead atoms. The fraction of sp³-hybridized carbons (Fsp3) is 0.571. The van der Waals surface area contributed by atoms with Gasteiger partial charge in [-0.3, -0.25) is 9.78 Å². The second-order valence-electron chi connectivity index (χ2n) is 4.37. The van der Waals surface area contributed by atoms with E-state index in [2.05, 4.69) is 10.3 Å². The van der Waals surface area contributed by atoms with Gasteiger partial charge in [-0.15, -0.1) is 24.8 Å². The van der Waals surface area contributed by atoms with Gasteiger partial charge in [-0.1, -0.05) is 18.9 Å². The van der Waals surface area contributed by atoms with Gasteiger partial charge in [-0.2, -0.15) is 0 Å². The van der Waals surface area contributed by atoms with Crippen molar-refractivity contribution in [3.63, 3.8) is 0 Å². The number of unbranched alkanes of at least 4 members (excludes halogenated alkanes) is 3. The maximum absolute atomic E-state index is 11.5. The zero-order chi connectivity index (χ0) is 13.1. The highest BCUT2D eigenvalue weighted by Crippen LogP contribution is 2.02. The van der Waals surface area contributed by atoms with Crippen molar-refractivity contribution in [3.8, 4) is 0 Å². The van der Waals surface area contributed by atoms with Crippen LogP contribution in [0.4, 0.5) is 0 Å². The van der Waals surface area contributed by atoms with Crippen LogP contribution < -0.4 is 11.1 Å². The van der Waals surface area contributed by atoms with E-state index in [4.69, 9.17) is 5.73 Å². The molecule has 0 aliphatic heterocycles. The maximum Gasteiger partial charge on any atom is 0.220 e. The summed E-state index contributed by atoms with van der Waals surface area (Å²) < 4.78 is 0. The minimum atomic E-state index is 0. The van der Waals surface area contributed by atoms with Crippen LogP contribution in [0.1, 0.15) is 37.8 Å². The fourth-order valence-electron chi connectivity index (χ4n) is 1.75. The number of amides is 1. The molecule has 3 N–H and O–H groups in total. The van der Waals surface area contributed by atoms with Crippen LogP contribution >= 0.6 is 24.8 Å². The third-order valence-electron chi connectivity index (χ3n) is 2.79. The molecule has 0 saturated heterocycles. The van der Waals surface area contributed by atoms with Crippen molar-refractivity contribution >= 4 is 30.7 Å². The number of carbonyl (C=O) groups is 1. The summed E-state index contributed by atoms with van der Waals surface area (Å²) in [5.74, 6) is 0.138. The van der Waals surface area contributed by atoms with Gasteiger partial charge in [0.2, 0.25) is 5.91 Å². The van der Waals surface area contributed by atoms with Gasteiger partial charge in [0.05, 0.1) is 0 Å². The standard InChI is InChI=1S/C14H23N3O.2ClH/c15-10-5-2-1-3-8-14(18)17-12-9-13-7-4-6-11-16-13;;/h4,6-7,11H,1-3,5,8-10,12,15H2,(H,17,18);2*1H. The molecule has 1 heterocycles. The van der Waals surface area contributed by atoms with E-state index in [0.29, 0.717) is 13.0 Å². The van der Waals surface area contributed by atoms with E-state index < -0.39 is 0 Å². The van der Waals surface area contributed by atoms with Crippen LogP contribution in [-0.4, -0.2) is 24.0 Å². The van der Waals surface area contributed by atoms with Gasteiger partial charge in [0.1, 0.15) is 0 Å². The number of nitrogens with zero attached hydrogens (tertiary/aromatic N) is 1. The summed E-state index contributed by atoms with van der Waals surface area (Å²) in [7, 11) is 0. The first-order valence-electron chi connectivity index (χ1n) is 6.69. The molecule has 116 valence electrons. The largest absolute Gasteiger partial charge is 0.356 e. The Bertz CT molecular complexity index is 336. The van der Waals surface area contributed by atoms with Crippen molar-refractivity contribution in [2.45, 2.75) is 38.5 Å². The second-order valence-corrected chi connectivity index (χ2v) is 4.37. The number of carbonyl (C=O) groups excluding carboxylic acids is 1. The first-order valence-corrected chi connectivity index (χ1v) is 6.69. The fourth-order valence-corrected chi connectivity index (χ4v) is 1.75. The van der Waals surface area contributed by atoms with Crippen molar-refractivity contribution < 1.29 is 4.79 Å². The number of hydrogen-bond donors (Lipinski definition) is 2. The third-order valence-corrected chi connectivity index (χ3v) is 2.79. The van der Waals surface area contributed by atoms with E-state index in [1.165, 1.54) is 0 Å². The van der Waals surface area contributed by atoms with E-state index in [-0.39, 0.29) is 30.7 Å². The number of hydrogen-bond acceptors (Lipinski definition) is 3. The predicted octanol–water partition coefficient (Wildman–Crippen LogP) is 2.49. The van der Waals surface area contributed by atoms with E-state index in [0.717, 1.165) is 44.3 Å². The molecule has 1 amide bonds. The van der Waals surface area contributed by atoms with Gasteiger partial charge in [-0.05, 0) is 31.5 Å². The second kappa shape index (κ2) is 14.6. The molecule has 1 rings (SSSR count). The Morgan fingerprint density at radius 2 is 1.90 bits per heavy atom. The van der Waals surface area contributed by atoms with Crippen molar-refractivity contribution in [1.29, 1.82) is 0 Å². The lowest BCUT2D eigenvalue weighted by molar-refractivity contribution is -0.121. The van der Waals surface area contributed by atoms with Crippen LogP contribution in [0.15, 0.2) is 24.4 Å². The zero-order valence-corrected chi connectivity index (χ0v) is 13.3. The Morgan fingerprint density at radius 1 is 1.15 bits per heavy atom. The molecule has 1 aromatic heterocycles. The van der Waals surface area contributed by atoms with Crippen LogP contribution in [0.25, 0.3) is 0 Å². The molecular formula is C14H25Cl2N3O. The molecule has 0 unspecified atom stereocenters. The Hall–Kier alpha value is -0.840. The highest BCUT2D eigenvalue weighted by atomic mass is 35.5. The predicted molar refractivity (Wildman–Crippen MR) is 87.6 cm³/mol. The average molecular weight is 322 g/mol. The summed E-state index contributed by atoms with van der Waals surface area (Å²) in [5.41, 5.74) is 6.42.